The number of hydrogen-bond acceptors (Lipinski definition) is 4. The maximum absolute atomic E-state index is 12.0. The summed E-state index contributed by atoms with van der Waals surface area (Å²) in [6, 6.07) is 8.56. The Kier molecular flexibility index (Phi) is 4.06. The molecule has 100 valence electrons. The second-order valence-electron chi connectivity index (χ2n) is 4.08. The Bertz CT molecular complexity index is 592. The normalized spacial score (nSPS) is 10.2. The van der Waals surface area contributed by atoms with Gasteiger partial charge < -0.3 is 15.2 Å². The molecule has 0 unspecified atom stereocenters. The molecular weight excluding hydrogens is 262 g/mol. The lowest BCUT2D eigenvalue weighted by Crippen LogP contribution is -2.22. The second kappa shape index (κ2) is 5.75. The van der Waals surface area contributed by atoms with E-state index in [1.165, 1.54) is 24.1 Å². The molecule has 2 N–H and O–H groups in total. The Labute approximate surface area is 115 Å². The Morgan fingerprint density at radius 2 is 2.16 bits per heavy atom. The van der Waals surface area contributed by atoms with Crippen LogP contribution in [0.15, 0.2) is 30.3 Å². The summed E-state index contributed by atoms with van der Waals surface area (Å²) in [5.74, 6) is 0.165. The molecule has 5 heteroatoms. The van der Waals surface area contributed by atoms with Gasteiger partial charge in [0.05, 0.1) is 19.2 Å². The summed E-state index contributed by atoms with van der Waals surface area (Å²) < 4.78 is 5.04. The van der Waals surface area contributed by atoms with Gasteiger partial charge in [-0.1, -0.05) is 0 Å². The zero-order valence-corrected chi connectivity index (χ0v) is 11.6. The molecule has 0 bridgehead atoms. The van der Waals surface area contributed by atoms with Gasteiger partial charge in [-0.2, -0.15) is 0 Å². The maximum atomic E-state index is 12.0. The first-order valence-corrected chi connectivity index (χ1v) is 6.62. The molecule has 1 aromatic carbocycles. The van der Waals surface area contributed by atoms with Gasteiger partial charge in [-0.25, -0.2) is 0 Å². The lowest BCUT2D eigenvalue weighted by molar-refractivity contribution is 0.0948. The number of hydrogen-bond donors (Lipinski definition) is 2. The molecule has 0 saturated heterocycles. The van der Waals surface area contributed by atoms with Crippen LogP contribution in [-0.2, 0) is 6.54 Å². The van der Waals surface area contributed by atoms with Crippen molar-refractivity contribution in [3.8, 4) is 11.5 Å². The largest absolute Gasteiger partial charge is 0.507 e. The van der Waals surface area contributed by atoms with Crippen LogP contribution in [0.3, 0.4) is 0 Å². The van der Waals surface area contributed by atoms with Crippen molar-refractivity contribution in [1.82, 2.24) is 5.32 Å². The Balaban J connectivity index is 2.07. The standard InChI is InChI=1S/C14H15NO3S/c1-9-3-5-11(19-9)8-15-14(17)12-7-10(18-2)4-6-13(12)16/h3-7,16H,8H2,1-2H3,(H,15,17). The summed E-state index contributed by atoms with van der Waals surface area (Å²) >= 11 is 1.63. The van der Waals surface area contributed by atoms with E-state index in [0.29, 0.717) is 12.3 Å². The number of methoxy groups -OCH3 is 1. The third kappa shape index (κ3) is 3.26. The van der Waals surface area contributed by atoms with Crippen LogP contribution in [0, 0.1) is 6.92 Å². The minimum absolute atomic E-state index is 0.0549. The molecule has 0 saturated carbocycles. The molecular formula is C14H15NO3S. The van der Waals surface area contributed by atoms with Crippen LogP contribution in [-0.4, -0.2) is 18.1 Å². The Morgan fingerprint density at radius 3 is 2.79 bits per heavy atom. The van der Waals surface area contributed by atoms with E-state index in [1.807, 2.05) is 19.1 Å². The van der Waals surface area contributed by atoms with Gasteiger partial charge in [0.2, 0.25) is 0 Å². The van der Waals surface area contributed by atoms with Crippen LogP contribution in [0.25, 0.3) is 0 Å². The van der Waals surface area contributed by atoms with Gasteiger partial charge in [-0.3, -0.25) is 4.79 Å². The molecule has 1 aromatic heterocycles. The van der Waals surface area contributed by atoms with Crippen LogP contribution < -0.4 is 10.1 Å². The van der Waals surface area contributed by atoms with Gasteiger partial charge in [0.25, 0.3) is 5.91 Å². The smallest absolute Gasteiger partial charge is 0.255 e. The highest BCUT2D eigenvalue weighted by Gasteiger charge is 2.12. The maximum Gasteiger partial charge on any atom is 0.255 e. The summed E-state index contributed by atoms with van der Waals surface area (Å²) in [4.78, 5) is 14.3. The highest BCUT2D eigenvalue weighted by Crippen LogP contribution is 2.23. The quantitative estimate of drug-likeness (QED) is 0.903. The van der Waals surface area contributed by atoms with Crippen LogP contribution >= 0.6 is 11.3 Å². The first-order valence-electron chi connectivity index (χ1n) is 5.80. The lowest BCUT2D eigenvalue weighted by Gasteiger charge is -2.07. The predicted octanol–water partition coefficient (Wildman–Crippen LogP) is 2.70. The molecule has 0 spiro atoms. The molecule has 19 heavy (non-hydrogen) atoms. The molecule has 2 aromatic rings. The van der Waals surface area contributed by atoms with E-state index in [-0.39, 0.29) is 17.2 Å². The number of ether oxygens (including phenoxy) is 1. The van der Waals surface area contributed by atoms with Gasteiger partial charge in [0.15, 0.2) is 0 Å². The number of phenols is 1. The average Bonchev–Trinajstić information content (AvgIpc) is 2.82. The number of carbonyl (C=O) groups is 1. The number of phenolic OH excluding ortho intramolecular Hbond substituents is 1. The van der Waals surface area contributed by atoms with Gasteiger partial charge in [-0.05, 0) is 37.3 Å². The van der Waals surface area contributed by atoms with Crippen molar-refractivity contribution in [3.63, 3.8) is 0 Å². The van der Waals surface area contributed by atoms with E-state index < -0.39 is 0 Å². The number of rotatable bonds is 4. The highest BCUT2D eigenvalue weighted by molar-refractivity contribution is 7.11. The van der Waals surface area contributed by atoms with Crippen molar-refractivity contribution in [2.75, 3.05) is 7.11 Å². The van der Waals surface area contributed by atoms with E-state index in [9.17, 15) is 9.90 Å². The molecule has 2 rings (SSSR count). The lowest BCUT2D eigenvalue weighted by atomic mass is 10.1. The molecule has 0 radical (unpaired) electrons. The number of amides is 1. The molecule has 0 fully saturated rings. The number of benzene rings is 1. The minimum atomic E-state index is -0.317. The van der Waals surface area contributed by atoms with Crippen molar-refractivity contribution in [3.05, 3.63) is 45.6 Å². The van der Waals surface area contributed by atoms with Crippen molar-refractivity contribution in [2.24, 2.45) is 0 Å². The van der Waals surface area contributed by atoms with Crippen molar-refractivity contribution < 1.29 is 14.6 Å². The number of aromatic hydroxyl groups is 1. The highest BCUT2D eigenvalue weighted by atomic mass is 32.1. The van der Waals surface area contributed by atoms with Crippen LogP contribution in [0.2, 0.25) is 0 Å². The third-order valence-electron chi connectivity index (χ3n) is 2.67. The zero-order valence-electron chi connectivity index (χ0n) is 10.8. The number of thiophene rings is 1. The molecule has 1 amide bonds. The summed E-state index contributed by atoms with van der Waals surface area (Å²) in [6.45, 7) is 2.47. The Morgan fingerprint density at radius 1 is 1.37 bits per heavy atom. The van der Waals surface area contributed by atoms with E-state index >= 15 is 0 Å². The molecule has 1 heterocycles. The fourth-order valence-corrected chi connectivity index (χ4v) is 2.50. The Hall–Kier alpha value is -2.01. The van der Waals surface area contributed by atoms with E-state index in [2.05, 4.69) is 5.32 Å². The molecule has 0 atom stereocenters. The van der Waals surface area contributed by atoms with Crippen molar-refractivity contribution in [1.29, 1.82) is 0 Å². The monoisotopic (exact) mass is 277 g/mol. The summed E-state index contributed by atoms with van der Waals surface area (Å²) in [5.41, 5.74) is 0.215. The molecule has 0 aliphatic carbocycles. The zero-order chi connectivity index (χ0) is 13.8. The third-order valence-corrected chi connectivity index (χ3v) is 3.67. The molecule has 4 nitrogen and oxygen atoms in total. The minimum Gasteiger partial charge on any atom is -0.507 e. The number of carbonyl (C=O) groups excluding carboxylic acids is 1. The topological polar surface area (TPSA) is 58.6 Å². The van der Waals surface area contributed by atoms with Crippen LogP contribution in [0.5, 0.6) is 11.5 Å². The van der Waals surface area contributed by atoms with Gasteiger partial charge in [0.1, 0.15) is 11.5 Å². The second-order valence-corrected chi connectivity index (χ2v) is 5.45. The van der Waals surface area contributed by atoms with Crippen LogP contribution in [0.1, 0.15) is 20.1 Å². The van der Waals surface area contributed by atoms with E-state index in [4.69, 9.17) is 4.74 Å². The summed E-state index contributed by atoms with van der Waals surface area (Å²) in [5, 5.41) is 12.5. The van der Waals surface area contributed by atoms with Gasteiger partial charge in [-0.15, -0.1) is 11.3 Å². The van der Waals surface area contributed by atoms with Crippen molar-refractivity contribution >= 4 is 17.2 Å². The molecule has 0 aliphatic heterocycles. The summed E-state index contributed by atoms with van der Waals surface area (Å²) in [7, 11) is 1.52. The van der Waals surface area contributed by atoms with E-state index in [0.717, 1.165) is 4.88 Å². The predicted molar refractivity (Wildman–Crippen MR) is 74.9 cm³/mol. The number of nitrogens with one attached hydrogen (secondary N) is 1. The fourth-order valence-electron chi connectivity index (χ4n) is 1.67. The average molecular weight is 277 g/mol. The first-order chi connectivity index (χ1) is 9.10. The van der Waals surface area contributed by atoms with Crippen LogP contribution in [0.4, 0.5) is 0 Å². The number of aryl methyl sites for hydroxylation is 1. The van der Waals surface area contributed by atoms with Gasteiger partial charge >= 0.3 is 0 Å². The van der Waals surface area contributed by atoms with Gasteiger partial charge in [0, 0.05) is 9.75 Å². The first kappa shape index (κ1) is 13.4. The van der Waals surface area contributed by atoms with Crippen molar-refractivity contribution in [2.45, 2.75) is 13.5 Å². The SMILES string of the molecule is COc1ccc(O)c(C(=O)NCc2ccc(C)s2)c1. The summed E-state index contributed by atoms with van der Waals surface area (Å²) in [6.07, 6.45) is 0. The molecule has 0 aliphatic rings. The van der Waals surface area contributed by atoms with E-state index in [1.54, 1.807) is 17.4 Å². The fraction of sp³-hybridized carbons (Fsp3) is 0.214.